The van der Waals surface area contributed by atoms with Crippen LogP contribution in [0.5, 0.6) is 0 Å². The number of hydrogen-bond donors (Lipinski definition) is 1. The van der Waals surface area contributed by atoms with E-state index in [1.165, 1.54) is 46.9 Å². The van der Waals surface area contributed by atoms with Gasteiger partial charge in [0, 0.05) is 15.3 Å². The third-order valence-corrected chi connectivity index (χ3v) is 4.81. The van der Waals surface area contributed by atoms with Crippen LogP contribution >= 0.6 is 22.6 Å². The molecule has 1 aliphatic carbocycles. The SMILES string of the molecule is Cc1cc(I)ccc1NC1CCCC(CC(C)C)C1. The van der Waals surface area contributed by atoms with E-state index in [9.17, 15) is 0 Å². The molecule has 2 rings (SSSR count). The van der Waals surface area contributed by atoms with E-state index in [0.717, 1.165) is 11.8 Å². The van der Waals surface area contributed by atoms with Crippen LogP contribution in [0.3, 0.4) is 0 Å². The quantitative estimate of drug-likeness (QED) is 0.678. The second-order valence-electron chi connectivity index (χ2n) is 6.46. The van der Waals surface area contributed by atoms with Crippen molar-refractivity contribution in [2.24, 2.45) is 11.8 Å². The average molecular weight is 371 g/mol. The molecule has 0 amide bonds. The number of aryl methyl sites for hydroxylation is 1. The largest absolute Gasteiger partial charge is 0.382 e. The van der Waals surface area contributed by atoms with Crippen LogP contribution in [0.4, 0.5) is 5.69 Å². The molecule has 1 nitrogen and oxygen atoms in total. The van der Waals surface area contributed by atoms with Crippen LogP contribution in [0.15, 0.2) is 18.2 Å². The van der Waals surface area contributed by atoms with Crippen LogP contribution in [0.25, 0.3) is 0 Å². The Morgan fingerprint density at radius 2 is 2.11 bits per heavy atom. The molecule has 1 N–H and O–H groups in total. The molecular weight excluding hydrogens is 345 g/mol. The van der Waals surface area contributed by atoms with Gasteiger partial charge in [0.2, 0.25) is 0 Å². The average Bonchev–Trinajstić information content (AvgIpc) is 2.32. The fraction of sp³-hybridized carbons (Fsp3) is 0.647. The van der Waals surface area contributed by atoms with Crippen molar-refractivity contribution in [3.8, 4) is 0 Å². The van der Waals surface area contributed by atoms with Gasteiger partial charge in [0.1, 0.15) is 0 Å². The highest BCUT2D eigenvalue weighted by molar-refractivity contribution is 14.1. The molecule has 0 aromatic heterocycles. The number of anilines is 1. The minimum absolute atomic E-state index is 0.677. The van der Waals surface area contributed by atoms with Gasteiger partial charge in [-0.1, -0.05) is 26.7 Å². The fourth-order valence-corrected chi connectivity index (χ4v) is 3.96. The standard InChI is InChI=1S/C17H26IN/c1-12(2)9-14-5-4-6-16(11-14)19-17-8-7-15(18)10-13(17)3/h7-8,10,12,14,16,19H,4-6,9,11H2,1-3H3. The Labute approximate surface area is 131 Å². The summed E-state index contributed by atoms with van der Waals surface area (Å²) in [4.78, 5) is 0. The first-order valence-corrected chi connectivity index (χ1v) is 8.65. The van der Waals surface area contributed by atoms with E-state index >= 15 is 0 Å². The summed E-state index contributed by atoms with van der Waals surface area (Å²) in [7, 11) is 0. The van der Waals surface area contributed by atoms with Gasteiger partial charge in [0.05, 0.1) is 0 Å². The monoisotopic (exact) mass is 371 g/mol. The van der Waals surface area contributed by atoms with Gasteiger partial charge >= 0.3 is 0 Å². The molecule has 1 saturated carbocycles. The van der Waals surface area contributed by atoms with E-state index in [1.807, 2.05) is 0 Å². The first-order chi connectivity index (χ1) is 9.04. The summed E-state index contributed by atoms with van der Waals surface area (Å²) in [5.41, 5.74) is 2.70. The molecule has 0 spiro atoms. The summed E-state index contributed by atoms with van der Waals surface area (Å²) in [6, 6.07) is 7.38. The molecule has 0 radical (unpaired) electrons. The second kappa shape index (κ2) is 6.96. The molecule has 0 bridgehead atoms. The Balaban J connectivity index is 1.94. The predicted octanol–water partition coefficient (Wildman–Crippen LogP) is 5.62. The summed E-state index contributed by atoms with van der Waals surface area (Å²) in [5, 5.41) is 3.78. The molecule has 106 valence electrons. The Hall–Kier alpha value is -0.250. The van der Waals surface area contributed by atoms with Gasteiger partial charge in [-0.25, -0.2) is 0 Å². The molecule has 2 atom stereocenters. The zero-order valence-corrected chi connectivity index (χ0v) is 14.5. The highest BCUT2D eigenvalue weighted by Crippen LogP contribution is 2.31. The van der Waals surface area contributed by atoms with Gasteiger partial charge < -0.3 is 5.32 Å². The zero-order valence-electron chi connectivity index (χ0n) is 12.4. The van der Waals surface area contributed by atoms with Gasteiger partial charge in [0.15, 0.2) is 0 Å². The number of nitrogens with one attached hydrogen (secondary N) is 1. The van der Waals surface area contributed by atoms with Crippen LogP contribution in [-0.4, -0.2) is 6.04 Å². The third-order valence-electron chi connectivity index (χ3n) is 4.14. The van der Waals surface area contributed by atoms with Crippen molar-refractivity contribution in [2.45, 2.75) is 58.9 Å². The minimum Gasteiger partial charge on any atom is -0.382 e. The van der Waals surface area contributed by atoms with Crippen LogP contribution in [0.2, 0.25) is 0 Å². The molecule has 0 heterocycles. The van der Waals surface area contributed by atoms with E-state index in [1.54, 1.807) is 0 Å². The Bertz CT molecular complexity index is 414. The van der Waals surface area contributed by atoms with Crippen molar-refractivity contribution < 1.29 is 0 Å². The Morgan fingerprint density at radius 3 is 2.79 bits per heavy atom. The first-order valence-electron chi connectivity index (χ1n) is 7.57. The molecule has 2 unspecified atom stereocenters. The third kappa shape index (κ3) is 4.66. The van der Waals surface area contributed by atoms with Crippen LogP contribution in [0.1, 0.15) is 51.5 Å². The van der Waals surface area contributed by atoms with Crippen molar-refractivity contribution in [2.75, 3.05) is 5.32 Å². The summed E-state index contributed by atoms with van der Waals surface area (Å²) >= 11 is 2.38. The lowest BCUT2D eigenvalue weighted by Gasteiger charge is -2.31. The summed E-state index contributed by atoms with van der Waals surface area (Å²) in [6.45, 7) is 6.90. The molecule has 1 fully saturated rings. The van der Waals surface area contributed by atoms with Crippen molar-refractivity contribution in [3.63, 3.8) is 0 Å². The van der Waals surface area contributed by atoms with Gasteiger partial charge in [-0.15, -0.1) is 0 Å². The molecule has 0 aliphatic heterocycles. The normalized spacial score (nSPS) is 23.6. The number of rotatable bonds is 4. The zero-order chi connectivity index (χ0) is 13.8. The Kier molecular flexibility index (Phi) is 5.55. The second-order valence-corrected chi connectivity index (χ2v) is 7.71. The van der Waals surface area contributed by atoms with Gasteiger partial charge in [-0.3, -0.25) is 0 Å². The van der Waals surface area contributed by atoms with E-state index in [-0.39, 0.29) is 0 Å². The van der Waals surface area contributed by atoms with Crippen molar-refractivity contribution >= 4 is 28.3 Å². The minimum atomic E-state index is 0.677. The highest BCUT2D eigenvalue weighted by Gasteiger charge is 2.22. The Morgan fingerprint density at radius 1 is 1.32 bits per heavy atom. The summed E-state index contributed by atoms with van der Waals surface area (Å²) < 4.78 is 1.32. The van der Waals surface area contributed by atoms with Gasteiger partial charge in [-0.2, -0.15) is 0 Å². The number of halogens is 1. The number of benzene rings is 1. The highest BCUT2D eigenvalue weighted by atomic mass is 127. The van der Waals surface area contributed by atoms with Crippen LogP contribution in [0, 0.1) is 22.3 Å². The van der Waals surface area contributed by atoms with E-state index in [2.05, 4.69) is 66.9 Å². The maximum absolute atomic E-state index is 3.78. The molecule has 19 heavy (non-hydrogen) atoms. The molecule has 0 saturated heterocycles. The van der Waals surface area contributed by atoms with Gasteiger partial charge in [0.25, 0.3) is 0 Å². The summed E-state index contributed by atoms with van der Waals surface area (Å²) in [5.74, 6) is 1.76. The van der Waals surface area contributed by atoms with Crippen molar-refractivity contribution in [3.05, 3.63) is 27.3 Å². The topological polar surface area (TPSA) is 12.0 Å². The molecule has 1 aromatic rings. The fourth-order valence-electron chi connectivity index (χ4n) is 3.31. The van der Waals surface area contributed by atoms with Gasteiger partial charge in [-0.05, 0) is 84.4 Å². The molecule has 1 aliphatic rings. The summed E-state index contributed by atoms with van der Waals surface area (Å²) in [6.07, 6.45) is 6.90. The predicted molar refractivity (Wildman–Crippen MR) is 92.7 cm³/mol. The molecule has 2 heteroatoms. The first kappa shape index (κ1) is 15.1. The van der Waals surface area contributed by atoms with E-state index in [0.29, 0.717) is 6.04 Å². The molecule has 1 aromatic carbocycles. The smallest absolute Gasteiger partial charge is 0.0372 e. The van der Waals surface area contributed by atoms with Crippen LogP contribution in [-0.2, 0) is 0 Å². The lowest BCUT2D eigenvalue weighted by Crippen LogP contribution is -2.28. The maximum atomic E-state index is 3.78. The van der Waals surface area contributed by atoms with Crippen molar-refractivity contribution in [1.29, 1.82) is 0 Å². The van der Waals surface area contributed by atoms with Crippen LogP contribution < -0.4 is 5.32 Å². The molecular formula is C17H26IN. The maximum Gasteiger partial charge on any atom is 0.0372 e. The lowest BCUT2D eigenvalue weighted by molar-refractivity contribution is 0.289. The van der Waals surface area contributed by atoms with E-state index < -0.39 is 0 Å². The lowest BCUT2D eigenvalue weighted by atomic mass is 9.81. The van der Waals surface area contributed by atoms with E-state index in [4.69, 9.17) is 0 Å². The van der Waals surface area contributed by atoms with Crippen molar-refractivity contribution in [1.82, 2.24) is 0 Å². The number of hydrogen-bond acceptors (Lipinski definition) is 1.